The molecule has 0 bridgehead atoms. The fourth-order valence-corrected chi connectivity index (χ4v) is 3.85. The Labute approximate surface area is 141 Å². The third-order valence-electron chi connectivity index (χ3n) is 4.32. The Bertz CT molecular complexity index is 798. The average Bonchev–Trinajstić information content (AvgIpc) is 3.30. The van der Waals surface area contributed by atoms with E-state index in [2.05, 4.69) is 9.71 Å². The zero-order valence-electron chi connectivity index (χ0n) is 13.5. The number of fused-ring (bicyclic) bond motifs is 1. The van der Waals surface area contributed by atoms with Crippen molar-refractivity contribution in [2.45, 2.75) is 31.9 Å². The SMILES string of the molecule is CCCNC(=O)C1(COc2cccc3c2C(N)=NS(=O)(=O)C3)CC1. The van der Waals surface area contributed by atoms with Crippen LogP contribution in [0.4, 0.5) is 0 Å². The summed E-state index contributed by atoms with van der Waals surface area (Å²) in [5.74, 6) is 0.228. The molecule has 0 saturated heterocycles. The maximum atomic E-state index is 12.2. The lowest BCUT2D eigenvalue weighted by Gasteiger charge is -2.20. The first-order chi connectivity index (χ1) is 11.4. The molecule has 1 aromatic rings. The van der Waals surface area contributed by atoms with Crippen LogP contribution in [0, 0.1) is 5.41 Å². The van der Waals surface area contributed by atoms with Gasteiger partial charge in [0.25, 0.3) is 10.0 Å². The van der Waals surface area contributed by atoms with Crippen molar-refractivity contribution in [3.63, 3.8) is 0 Å². The number of ether oxygens (including phenoxy) is 1. The molecule has 0 aromatic heterocycles. The van der Waals surface area contributed by atoms with Gasteiger partial charge in [-0.15, -0.1) is 4.40 Å². The van der Waals surface area contributed by atoms with Crippen LogP contribution in [-0.2, 0) is 20.6 Å². The Balaban J connectivity index is 1.77. The Morgan fingerprint density at radius 1 is 1.42 bits per heavy atom. The summed E-state index contributed by atoms with van der Waals surface area (Å²) >= 11 is 0. The molecule has 2 aliphatic rings. The molecule has 8 heteroatoms. The molecule has 1 heterocycles. The summed E-state index contributed by atoms with van der Waals surface area (Å²) in [5, 5.41) is 2.91. The number of carbonyl (C=O) groups excluding carboxylic acids is 1. The van der Waals surface area contributed by atoms with Gasteiger partial charge >= 0.3 is 0 Å². The molecule has 1 aliphatic carbocycles. The maximum Gasteiger partial charge on any atom is 0.259 e. The van der Waals surface area contributed by atoms with Crippen molar-refractivity contribution in [2.24, 2.45) is 15.5 Å². The Morgan fingerprint density at radius 2 is 2.17 bits per heavy atom. The molecule has 1 saturated carbocycles. The van der Waals surface area contributed by atoms with Crippen LogP contribution in [0.2, 0.25) is 0 Å². The van der Waals surface area contributed by atoms with Crippen LogP contribution in [0.3, 0.4) is 0 Å². The van der Waals surface area contributed by atoms with Crippen LogP contribution in [-0.4, -0.2) is 33.3 Å². The van der Waals surface area contributed by atoms with E-state index in [4.69, 9.17) is 10.5 Å². The van der Waals surface area contributed by atoms with Crippen LogP contribution in [0.1, 0.15) is 37.3 Å². The molecule has 3 N–H and O–H groups in total. The fourth-order valence-electron chi connectivity index (χ4n) is 2.76. The van der Waals surface area contributed by atoms with Gasteiger partial charge in [0, 0.05) is 6.54 Å². The first-order valence-electron chi connectivity index (χ1n) is 7.98. The number of carbonyl (C=O) groups is 1. The Kier molecular flexibility index (Phi) is 4.25. The smallest absolute Gasteiger partial charge is 0.259 e. The van der Waals surface area contributed by atoms with Gasteiger partial charge in [0.15, 0.2) is 0 Å². The van der Waals surface area contributed by atoms with E-state index < -0.39 is 15.4 Å². The molecule has 1 amide bonds. The van der Waals surface area contributed by atoms with Gasteiger partial charge in [-0.1, -0.05) is 19.1 Å². The lowest BCUT2D eigenvalue weighted by molar-refractivity contribution is -0.127. The van der Waals surface area contributed by atoms with E-state index in [0.717, 1.165) is 19.3 Å². The second kappa shape index (κ2) is 6.08. The molecule has 1 aliphatic heterocycles. The topological polar surface area (TPSA) is 111 Å². The molecule has 24 heavy (non-hydrogen) atoms. The molecular weight excluding hydrogens is 330 g/mol. The lowest BCUT2D eigenvalue weighted by atomic mass is 10.1. The van der Waals surface area contributed by atoms with E-state index in [1.54, 1.807) is 18.2 Å². The number of nitrogens with zero attached hydrogens (tertiary/aromatic N) is 1. The van der Waals surface area contributed by atoms with Gasteiger partial charge in [-0.2, -0.15) is 0 Å². The standard InChI is InChI=1S/C16H21N3O4S/c1-2-8-18-15(20)16(6-7-16)10-23-12-5-3-4-11-9-24(21,22)19-14(17)13(11)12/h3-5H,2,6-10H2,1H3,(H2,17,19)(H,18,20). The van der Waals surface area contributed by atoms with Gasteiger partial charge in [0.05, 0.1) is 16.7 Å². The summed E-state index contributed by atoms with van der Waals surface area (Å²) in [4.78, 5) is 12.2. The van der Waals surface area contributed by atoms with Gasteiger partial charge in [-0.3, -0.25) is 4.79 Å². The van der Waals surface area contributed by atoms with Gasteiger partial charge in [-0.05, 0) is 30.9 Å². The van der Waals surface area contributed by atoms with Crippen molar-refractivity contribution in [1.82, 2.24) is 5.32 Å². The first-order valence-corrected chi connectivity index (χ1v) is 9.59. The summed E-state index contributed by atoms with van der Waals surface area (Å²) in [6, 6.07) is 5.14. The number of amidine groups is 1. The van der Waals surface area contributed by atoms with Crippen molar-refractivity contribution in [3.8, 4) is 5.75 Å². The number of rotatable bonds is 6. The molecule has 0 spiro atoms. The zero-order valence-corrected chi connectivity index (χ0v) is 14.4. The summed E-state index contributed by atoms with van der Waals surface area (Å²) in [5.41, 5.74) is 6.41. The number of benzene rings is 1. The number of nitrogens with one attached hydrogen (secondary N) is 1. The highest BCUT2D eigenvalue weighted by atomic mass is 32.2. The monoisotopic (exact) mass is 351 g/mol. The quantitative estimate of drug-likeness (QED) is 0.792. The highest BCUT2D eigenvalue weighted by Crippen LogP contribution is 2.46. The maximum absolute atomic E-state index is 12.2. The molecule has 7 nitrogen and oxygen atoms in total. The predicted molar refractivity (Wildman–Crippen MR) is 90.3 cm³/mol. The van der Waals surface area contributed by atoms with Crippen molar-refractivity contribution in [1.29, 1.82) is 0 Å². The van der Waals surface area contributed by atoms with Crippen LogP contribution < -0.4 is 15.8 Å². The lowest BCUT2D eigenvalue weighted by Crippen LogP contribution is -2.36. The molecule has 0 radical (unpaired) electrons. The van der Waals surface area contributed by atoms with E-state index in [9.17, 15) is 13.2 Å². The van der Waals surface area contributed by atoms with E-state index in [0.29, 0.717) is 23.4 Å². The summed E-state index contributed by atoms with van der Waals surface area (Å²) < 4.78 is 32.8. The average molecular weight is 351 g/mol. The van der Waals surface area contributed by atoms with Crippen molar-refractivity contribution in [2.75, 3.05) is 13.2 Å². The second-order valence-electron chi connectivity index (χ2n) is 6.32. The molecule has 0 atom stereocenters. The number of amides is 1. The third kappa shape index (κ3) is 3.24. The van der Waals surface area contributed by atoms with Crippen molar-refractivity contribution in [3.05, 3.63) is 29.3 Å². The number of hydrogen-bond acceptors (Lipinski definition) is 5. The van der Waals surface area contributed by atoms with Gasteiger partial charge in [-0.25, -0.2) is 8.42 Å². The summed E-state index contributed by atoms with van der Waals surface area (Å²) in [7, 11) is -3.57. The van der Waals surface area contributed by atoms with Crippen molar-refractivity contribution >= 4 is 21.8 Å². The van der Waals surface area contributed by atoms with Gasteiger partial charge in [0.2, 0.25) is 5.91 Å². The number of sulfonamides is 1. The molecule has 3 rings (SSSR count). The number of nitrogens with two attached hydrogens (primary N) is 1. The van der Waals surface area contributed by atoms with Crippen LogP contribution >= 0.6 is 0 Å². The predicted octanol–water partition coefficient (Wildman–Crippen LogP) is 0.921. The summed E-state index contributed by atoms with van der Waals surface area (Å²) in [6.45, 7) is 2.90. The number of hydrogen-bond donors (Lipinski definition) is 2. The largest absolute Gasteiger partial charge is 0.492 e. The van der Waals surface area contributed by atoms with Crippen LogP contribution in [0.25, 0.3) is 0 Å². The molecule has 0 unspecified atom stereocenters. The Morgan fingerprint density at radius 3 is 2.83 bits per heavy atom. The van der Waals surface area contributed by atoms with Crippen LogP contribution in [0.15, 0.2) is 22.6 Å². The first kappa shape index (κ1) is 16.8. The molecule has 1 fully saturated rings. The highest BCUT2D eigenvalue weighted by Gasteiger charge is 2.50. The third-order valence-corrected chi connectivity index (χ3v) is 5.47. The molecule has 1 aromatic carbocycles. The van der Waals surface area contributed by atoms with E-state index >= 15 is 0 Å². The Hall–Kier alpha value is -2.09. The van der Waals surface area contributed by atoms with Crippen molar-refractivity contribution < 1.29 is 17.9 Å². The second-order valence-corrected chi connectivity index (χ2v) is 7.95. The van der Waals surface area contributed by atoms with E-state index in [-0.39, 0.29) is 24.1 Å². The van der Waals surface area contributed by atoms with Gasteiger partial charge < -0.3 is 15.8 Å². The van der Waals surface area contributed by atoms with Crippen LogP contribution in [0.5, 0.6) is 5.75 Å². The zero-order chi connectivity index (χ0) is 17.4. The van der Waals surface area contributed by atoms with Gasteiger partial charge in [0.1, 0.15) is 18.2 Å². The summed E-state index contributed by atoms with van der Waals surface area (Å²) in [6.07, 6.45) is 2.46. The highest BCUT2D eigenvalue weighted by molar-refractivity contribution is 7.89. The minimum atomic E-state index is -3.57. The van der Waals surface area contributed by atoms with E-state index in [1.807, 2.05) is 6.92 Å². The van der Waals surface area contributed by atoms with E-state index in [1.165, 1.54) is 0 Å². The fraction of sp³-hybridized carbons (Fsp3) is 0.500. The minimum Gasteiger partial charge on any atom is -0.492 e. The normalized spacial score (nSPS) is 19.8. The molecule has 130 valence electrons. The molecular formula is C16H21N3O4S. The minimum absolute atomic E-state index is 0.0124.